The van der Waals surface area contributed by atoms with Gasteiger partial charge in [0, 0.05) is 24.8 Å². The van der Waals surface area contributed by atoms with E-state index >= 15 is 0 Å². The summed E-state index contributed by atoms with van der Waals surface area (Å²) < 4.78 is 0. The summed E-state index contributed by atoms with van der Waals surface area (Å²) in [6, 6.07) is 0. The Bertz CT molecular complexity index is 551. The summed E-state index contributed by atoms with van der Waals surface area (Å²) in [5.74, 6) is 1.11. The zero-order valence-electron chi connectivity index (χ0n) is 8.65. The molecule has 3 heterocycles. The summed E-state index contributed by atoms with van der Waals surface area (Å²) in [5.41, 5.74) is 1.27. The fraction of sp³-hybridized carbons (Fsp3) is 0. The molecule has 0 aliphatic rings. The summed E-state index contributed by atoms with van der Waals surface area (Å²) in [6.07, 6.45) is 9.62. The number of H-pyrrole nitrogens is 1. The summed E-state index contributed by atoms with van der Waals surface area (Å²) in [7, 11) is 0. The molecule has 0 aliphatic heterocycles. The Morgan fingerprint density at radius 3 is 1.65 bits per heavy atom. The van der Waals surface area contributed by atoms with Crippen molar-refractivity contribution in [1.29, 1.82) is 0 Å². The van der Waals surface area contributed by atoms with Gasteiger partial charge in [0.25, 0.3) is 0 Å². The van der Waals surface area contributed by atoms with Crippen molar-refractivity contribution in [2.24, 2.45) is 0 Å². The van der Waals surface area contributed by atoms with Crippen molar-refractivity contribution >= 4 is 0 Å². The number of aromatic nitrogens is 7. The Balaban J connectivity index is 1.99. The lowest BCUT2D eigenvalue weighted by Gasteiger charge is -1.93. The third kappa shape index (κ3) is 1.85. The fourth-order valence-corrected chi connectivity index (χ4v) is 1.34. The van der Waals surface area contributed by atoms with E-state index in [1.54, 1.807) is 37.2 Å². The van der Waals surface area contributed by atoms with Crippen molar-refractivity contribution in [1.82, 2.24) is 35.1 Å². The maximum atomic E-state index is 4.12. The second-order valence-electron chi connectivity index (χ2n) is 3.20. The number of rotatable bonds is 2. The normalized spacial score (nSPS) is 10.4. The predicted molar refractivity (Wildman–Crippen MR) is 58.4 cm³/mol. The lowest BCUT2D eigenvalue weighted by molar-refractivity contribution is 1.07. The number of nitrogens with zero attached hydrogens (tertiary/aromatic N) is 6. The second kappa shape index (κ2) is 4.05. The molecule has 7 heteroatoms. The maximum Gasteiger partial charge on any atom is 0.181 e. The zero-order chi connectivity index (χ0) is 11.5. The van der Waals surface area contributed by atoms with Crippen LogP contribution in [0.1, 0.15) is 0 Å². The third-order valence-electron chi connectivity index (χ3n) is 2.10. The van der Waals surface area contributed by atoms with E-state index in [2.05, 4.69) is 35.1 Å². The molecule has 0 aliphatic carbocycles. The largest absolute Gasteiger partial charge is 0.318 e. The van der Waals surface area contributed by atoms with Gasteiger partial charge in [-0.3, -0.25) is 9.97 Å². The van der Waals surface area contributed by atoms with Crippen LogP contribution in [-0.2, 0) is 0 Å². The van der Waals surface area contributed by atoms with Crippen molar-refractivity contribution in [2.45, 2.75) is 0 Å². The van der Waals surface area contributed by atoms with Crippen LogP contribution in [0.25, 0.3) is 23.0 Å². The summed E-state index contributed by atoms with van der Waals surface area (Å²) in [4.78, 5) is 19.2. The monoisotopic (exact) mass is 225 g/mol. The quantitative estimate of drug-likeness (QED) is 0.690. The maximum absolute atomic E-state index is 4.12. The molecule has 82 valence electrons. The smallest absolute Gasteiger partial charge is 0.181 e. The van der Waals surface area contributed by atoms with Crippen LogP contribution in [0.15, 0.2) is 37.2 Å². The molecule has 0 aromatic carbocycles. The van der Waals surface area contributed by atoms with Crippen LogP contribution >= 0.6 is 0 Å². The molecular formula is C10H7N7. The van der Waals surface area contributed by atoms with Gasteiger partial charge in [-0.2, -0.15) is 0 Å². The van der Waals surface area contributed by atoms with Crippen molar-refractivity contribution in [3.63, 3.8) is 0 Å². The van der Waals surface area contributed by atoms with E-state index in [0.717, 1.165) is 0 Å². The Morgan fingerprint density at radius 1 is 0.706 bits per heavy atom. The number of hydrogen-bond acceptors (Lipinski definition) is 6. The minimum Gasteiger partial charge on any atom is -0.318 e. The molecule has 3 rings (SSSR count). The van der Waals surface area contributed by atoms with E-state index in [9.17, 15) is 0 Å². The molecule has 0 unspecified atom stereocenters. The van der Waals surface area contributed by atoms with Crippen LogP contribution < -0.4 is 0 Å². The average molecular weight is 225 g/mol. The lowest BCUT2D eigenvalue weighted by Crippen LogP contribution is -1.87. The van der Waals surface area contributed by atoms with Crippen molar-refractivity contribution < 1.29 is 0 Å². The first-order chi connectivity index (χ1) is 8.43. The molecule has 1 N–H and O–H groups in total. The van der Waals surface area contributed by atoms with E-state index in [-0.39, 0.29) is 0 Å². The highest BCUT2D eigenvalue weighted by atomic mass is 15.2. The molecule has 7 nitrogen and oxygen atoms in total. The van der Waals surface area contributed by atoms with Crippen molar-refractivity contribution in [2.75, 3.05) is 0 Å². The Kier molecular flexibility index (Phi) is 2.27. The van der Waals surface area contributed by atoms with E-state index in [4.69, 9.17) is 0 Å². The first kappa shape index (κ1) is 9.52. The molecule has 0 radical (unpaired) electrons. The molecule has 0 saturated heterocycles. The fourth-order valence-electron chi connectivity index (χ4n) is 1.34. The van der Waals surface area contributed by atoms with Gasteiger partial charge in [0.2, 0.25) is 0 Å². The molecule has 0 spiro atoms. The van der Waals surface area contributed by atoms with Crippen LogP contribution in [0.2, 0.25) is 0 Å². The van der Waals surface area contributed by atoms with Crippen molar-refractivity contribution in [3.05, 3.63) is 37.2 Å². The molecule has 0 amide bonds. The minimum atomic E-state index is 0.554. The highest BCUT2D eigenvalue weighted by Crippen LogP contribution is 2.14. The number of hydrogen-bond donors (Lipinski definition) is 1. The van der Waals surface area contributed by atoms with Gasteiger partial charge in [0.1, 0.15) is 11.4 Å². The third-order valence-corrected chi connectivity index (χ3v) is 2.10. The molecule has 0 atom stereocenters. The standard InChI is InChI=1S/C10H7N7/c1-3-13-7(5-11-1)9-15-10(17-16-9)8-6-12-2-4-14-8/h1-6H,(H,15,16,17). The van der Waals surface area contributed by atoms with E-state index < -0.39 is 0 Å². The van der Waals surface area contributed by atoms with Crippen LogP contribution in [0.4, 0.5) is 0 Å². The van der Waals surface area contributed by atoms with Gasteiger partial charge in [0.15, 0.2) is 11.6 Å². The van der Waals surface area contributed by atoms with Gasteiger partial charge in [-0.05, 0) is 0 Å². The van der Waals surface area contributed by atoms with Crippen molar-refractivity contribution in [3.8, 4) is 23.0 Å². The summed E-state index contributed by atoms with van der Waals surface area (Å²) >= 11 is 0. The molecule has 0 fully saturated rings. The first-order valence-corrected chi connectivity index (χ1v) is 4.89. The van der Waals surface area contributed by atoms with Gasteiger partial charge >= 0.3 is 0 Å². The van der Waals surface area contributed by atoms with Gasteiger partial charge in [-0.25, -0.2) is 9.97 Å². The molecule has 3 aromatic rings. The molecule has 17 heavy (non-hydrogen) atoms. The van der Waals surface area contributed by atoms with Crippen LogP contribution in [-0.4, -0.2) is 35.1 Å². The van der Waals surface area contributed by atoms with Crippen LogP contribution in [0.3, 0.4) is 0 Å². The number of aromatic amines is 1. The Hall–Kier alpha value is -2.70. The minimum absolute atomic E-state index is 0.554. The lowest BCUT2D eigenvalue weighted by atomic mass is 10.4. The van der Waals surface area contributed by atoms with Gasteiger partial charge in [-0.1, -0.05) is 0 Å². The molecular weight excluding hydrogens is 218 g/mol. The zero-order valence-corrected chi connectivity index (χ0v) is 8.65. The second-order valence-corrected chi connectivity index (χ2v) is 3.20. The van der Waals surface area contributed by atoms with E-state index in [1.807, 2.05) is 0 Å². The first-order valence-electron chi connectivity index (χ1n) is 4.89. The van der Waals surface area contributed by atoms with Gasteiger partial charge < -0.3 is 4.98 Å². The number of nitrogens with one attached hydrogen (secondary N) is 1. The topological polar surface area (TPSA) is 93.1 Å². The summed E-state index contributed by atoms with van der Waals surface area (Å²) in [5, 5.41) is 7.97. The van der Waals surface area contributed by atoms with E-state index in [0.29, 0.717) is 23.0 Å². The molecule has 0 saturated carbocycles. The highest BCUT2D eigenvalue weighted by Gasteiger charge is 2.08. The highest BCUT2D eigenvalue weighted by molar-refractivity contribution is 5.53. The van der Waals surface area contributed by atoms with Gasteiger partial charge in [0.05, 0.1) is 12.4 Å². The van der Waals surface area contributed by atoms with E-state index in [1.165, 1.54) is 0 Å². The predicted octanol–water partition coefficient (Wildman–Crippen LogP) is 0.719. The Morgan fingerprint density at radius 2 is 1.24 bits per heavy atom. The summed E-state index contributed by atoms with van der Waals surface area (Å²) in [6.45, 7) is 0. The SMILES string of the molecule is c1cnc(-c2nnc(-c3cnccn3)[nH]2)cn1. The Labute approximate surface area is 96.0 Å². The van der Waals surface area contributed by atoms with Crippen LogP contribution in [0.5, 0.6) is 0 Å². The van der Waals surface area contributed by atoms with Gasteiger partial charge in [-0.15, -0.1) is 10.2 Å². The van der Waals surface area contributed by atoms with Crippen LogP contribution in [0, 0.1) is 0 Å². The molecule has 0 bridgehead atoms. The molecule has 3 aromatic heterocycles. The average Bonchev–Trinajstić information content (AvgIpc) is 2.90.